The number of ether oxygens (including phenoxy) is 1. The van der Waals surface area contributed by atoms with Gasteiger partial charge < -0.3 is 15.3 Å². The summed E-state index contributed by atoms with van der Waals surface area (Å²) in [5.41, 5.74) is 6.44. The number of carbonyl (C=O) groups excluding carboxylic acids is 1. The Hall–Kier alpha value is -3.43. The predicted octanol–water partition coefficient (Wildman–Crippen LogP) is 2.87. The molecule has 1 unspecified atom stereocenters. The third-order valence-electron chi connectivity index (χ3n) is 5.42. The molecule has 1 saturated heterocycles. The summed E-state index contributed by atoms with van der Waals surface area (Å²) >= 11 is 0. The molecule has 2 N–H and O–H groups in total. The van der Waals surface area contributed by atoms with Gasteiger partial charge in [-0.05, 0) is 60.0 Å². The highest BCUT2D eigenvalue weighted by molar-refractivity contribution is 7.89. The summed E-state index contributed by atoms with van der Waals surface area (Å²) in [7, 11) is -2.33. The van der Waals surface area contributed by atoms with Crippen LogP contribution < -0.4 is 10.5 Å². The van der Waals surface area contributed by atoms with Crippen LogP contribution in [0.2, 0.25) is 0 Å². The van der Waals surface area contributed by atoms with Crippen molar-refractivity contribution in [2.75, 3.05) is 13.7 Å². The van der Waals surface area contributed by atoms with Gasteiger partial charge in [0.05, 0.1) is 12.0 Å². The maximum Gasteiger partial charge on any atom is 0.353 e. The van der Waals surface area contributed by atoms with Crippen LogP contribution in [0.25, 0.3) is 10.8 Å². The normalized spacial score (nSPS) is 17.4. The van der Waals surface area contributed by atoms with Crippen LogP contribution in [-0.4, -0.2) is 44.2 Å². The number of fused-ring (bicyclic) bond motifs is 1. The van der Waals surface area contributed by atoms with Crippen LogP contribution in [-0.2, 0) is 19.7 Å². The fourth-order valence-electron chi connectivity index (χ4n) is 3.70. The highest BCUT2D eigenvalue weighted by Gasteiger charge is 2.40. The predicted molar refractivity (Wildman–Crippen MR) is 121 cm³/mol. The van der Waals surface area contributed by atoms with E-state index in [1.165, 1.54) is 4.31 Å². The van der Waals surface area contributed by atoms with E-state index in [2.05, 4.69) is 5.16 Å². The number of carbonyl (C=O) groups is 1. The molecule has 9 heteroatoms. The second kappa shape index (κ2) is 8.97. The number of nitrogens with zero attached hydrogens (tertiary/aromatic N) is 2. The number of amidine groups is 1. The molecule has 0 radical (unpaired) electrons. The zero-order chi connectivity index (χ0) is 22.7. The van der Waals surface area contributed by atoms with Crippen molar-refractivity contribution >= 4 is 32.6 Å². The number of nitrogens with two attached hydrogens (primary N) is 1. The number of hydrogen-bond acceptors (Lipinski definition) is 6. The van der Waals surface area contributed by atoms with Crippen molar-refractivity contribution in [3.05, 3.63) is 72.3 Å². The average Bonchev–Trinajstić information content (AvgIpc) is 3.33. The number of hydrogen-bond donors (Lipinski definition) is 1. The standard InChI is InChI=1S/C23H23N3O5S/c1-30-19-11-8-17(9-12-19)22(24)25-31-23(27)21-7-4-14-26(21)32(28,29)20-13-10-16-5-2-3-6-18(16)15-20/h2-3,5-6,8-13,15,21H,4,7,14H2,1H3,(H2,24,25). The fraction of sp³-hybridized carbons (Fsp3) is 0.217. The van der Waals surface area contributed by atoms with E-state index in [0.29, 0.717) is 24.2 Å². The lowest BCUT2D eigenvalue weighted by Crippen LogP contribution is -2.41. The van der Waals surface area contributed by atoms with Gasteiger partial charge in [0.2, 0.25) is 10.0 Å². The Morgan fingerprint density at radius 1 is 1.06 bits per heavy atom. The van der Waals surface area contributed by atoms with Crippen LogP contribution in [0.15, 0.2) is 76.8 Å². The molecule has 1 atom stereocenters. The van der Waals surface area contributed by atoms with Gasteiger partial charge in [-0.3, -0.25) is 0 Å². The Morgan fingerprint density at radius 2 is 1.78 bits per heavy atom. The van der Waals surface area contributed by atoms with Crippen LogP contribution in [0.1, 0.15) is 18.4 Å². The van der Waals surface area contributed by atoms with Crippen LogP contribution >= 0.6 is 0 Å². The molecule has 166 valence electrons. The second-order valence-electron chi connectivity index (χ2n) is 7.40. The molecule has 0 amide bonds. The van der Waals surface area contributed by atoms with Crippen molar-refractivity contribution in [1.82, 2.24) is 4.31 Å². The monoisotopic (exact) mass is 453 g/mol. The first-order valence-corrected chi connectivity index (χ1v) is 11.5. The third kappa shape index (κ3) is 4.30. The molecule has 32 heavy (non-hydrogen) atoms. The molecule has 0 spiro atoms. The molecule has 1 aliphatic heterocycles. The zero-order valence-electron chi connectivity index (χ0n) is 17.5. The van der Waals surface area contributed by atoms with Gasteiger partial charge in [-0.25, -0.2) is 13.2 Å². The van der Waals surface area contributed by atoms with E-state index in [4.69, 9.17) is 15.3 Å². The zero-order valence-corrected chi connectivity index (χ0v) is 18.3. The van der Waals surface area contributed by atoms with Gasteiger partial charge in [-0.2, -0.15) is 4.31 Å². The Morgan fingerprint density at radius 3 is 2.50 bits per heavy atom. The molecular weight excluding hydrogens is 430 g/mol. The van der Waals surface area contributed by atoms with Gasteiger partial charge >= 0.3 is 5.97 Å². The van der Waals surface area contributed by atoms with E-state index in [1.54, 1.807) is 49.6 Å². The van der Waals surface area contributed by atoms with E-state index in [9.17, 15) is 13.2 Å². The van der Waals surface area contributed by atoms with Crippen molar-refractivity contribution in [3.8, 4) is 5.75 Å². The Kier molecular flexibility index (Phi) is 6.11. The molecule has 0 aliphatic carbocycles. The maximum absolute atomic E-state index is 13.3. The maximum atomic E-state index is 13.3. The van der Waals surface area contributed by atoms with Gasteiger partial charge in [0, 0.05) is 12.1 Å². The topological polar surface area (TPSA) is 111 Å². The summed E-state index contributed by atoms with van der Waals surface area (Å²) in [5.74, 6) is -0.106. The van der Waals surface area contributed by atoms with E-state index < -0.39 is 22.0 Å². The van der Waals surface area contributed by atoms with Crippen LogP contribution in [0.4, 0.5) is 0 Å². The lowest BCUT2D eigenvalue weighted by Gasteiger charge is -2.22. The molecule has 1 fully saturated rings. The Bertz CT molecular complexity index is 1270. The molecule has 1 heterocycles. The highest BCUT2D eigenvalue weighted by atomic mass is 32.2. The summed E-state index contributed by atoms with van der Waals surface area (Å²) in [6, 6.07) is 18.2. The van der Waals surface area contributed by atoms with Crippen LogP contribution in [0.5, 0.6) is 5.75 Å². The molecule has 3 aromatic carbocycles. The molecule has 0 aromatic heterocycles. The lowest BCUT2D eigenvalue weighted by atomic mass is 10.1. The van der Waals surface area contributed by atoms with Crippen molar-refractivity contribution in [1.29, 1.82) is 0 Å². The van der Waals surface area contributed by atoms with E-state index in [1.807, 2.05) is 24.3 Å². The van der Waals surface area contributed by atoms with Gasteiger partial charge in [0.25, 0.3) is 0 Å². The summed E-state index contributed by atoms with van der Waals surface area (Å²) in [6.07, 6.45) is 0.897. The van der Waals surface area contributed by atoms with Gasteiger partial charge in [0.1, 0.15) is 11.8 Å². The average molecular weight is 454 g/mol. The van der Waals surface area contributed by atoms with Gasteiger partial charge in [0.15, 0.2) is 5.84 Å². The SMILES string of the molecule is COc1ccc(/C(N)=N/OC(=O)C2CCCN2S(=O)(=O)c2ccc3ccccc3c2)cc1. The first-order valence-electron chi connectivity index (χ1n) is 10.1. The summed E-state index contributed by atoms with van der Waals surface area (Å²) in [6.45, 7) is 0.229. The number of sulfonamides is 1. The largest absolute Gasteiger partial charge is 0.497 e. The Balaban J connectivity index is 1.52. The second-order valence-corrected chi connectivity index (χ2v) is 9.29. The smallest absolute Gasteiger partial charge is 0.353 e. The Labute approximate surface area is 186 Å². The highest BCUT2D eigenvalue weighted by Crippen LogP contribution is 2.28. The van der Waals surface area contributed by atoms with Crippen molar-refractivity contribution in [2.24, 2.45) is 10.9 Å². The van der Waals surface area contributed by atoms with Crippen molar-refractivity contribution in [3.63, 3.8) is 0 Å². The molecule has 8 nitrogen and oxygen atoms in total. The molecule has 0 saturated carbocycles. The van der Waals surface area contributed by atoms with E-state index in [0.717, 1.165) is 10.8 Å². The number of benzene rings is 3. The quantitative estimate of drug-likeness (QED) is 0.266. The fourth-order valence-corrected chi connectivity index (χ4v) is 5.38. The minimum atomic E-state index is -3.88. The molecule has 3 aromatic rings. The summed E-state index contributed by atoms with van der Waals surface area (Å²) in [5, 5.41) is 5.45. The van der Waals surface area contributed by atoms with E-state index in [-0.39, 0.29) is 17.3 Å². The summed E-state index contributed by atoms with van der Waals surface area (Å²) in [4.78, 5) is 17.8. The van der Waals surface area contributed by atoms with Crippen molar-refractivity contribution < 1.29 is 22.8 Å². The van der Waals surface area contributed by atoms with Crippen LogP contribution in [0.3, 0.4) is 0 Å². The molecule has 4 rings (SSSR count). The van der Waals surface area contributed by atoms with Gasteiger partial charge in [-0.1, -0.05) is 35.5 Å². The molecule has 0 bridgehead atoms. The minimum Gasteiger partial charge on any atom is -0.497 e. The third-order valence-corrected chi connectivity index (χ3v) is 7.33. The summed E-state index contributed by atoms with van der Waals surface area (Å²) < 4.78 is 32.8. The van der Waals surface area contributed by atoms with Crippen molar-refractivity contribution in [2.45, 2.75) is 23.8 Å². The lowest BCUT2D eigenvalue weighted by molar-refractivity contribution is -0.147. The molecular formula is C23H23N3O5S. The van der Waals surface area contributed by atoms with Gasteiger partial charge in [-0.15, -0.1) is 0 Å². The first kappa shape index (κ1) is 21.8. The number of rotatable bonds is 6. The van der Waals surface area contributed by atoms with Crippen LogP contribution in [0, 0.1) is 0 Å². The van der Waals surface area contributed by atoms with E-state index >= 15 is 0 Å². The number of methoxy groups -OCH3 is 1. The molecule has 1 aliphatic rings. The minimum absolute atomic E-state index is 0.00272. The first-order chi connectivity index (χ1) is 15.4. The number of oxime groups is 1.